The summed E-state index contributed by atoms with van der Waals surface area (Å²) in [4.78, 5) is 24.3. The number of aromatic hydroxyl groups is 1. The molecular formula is C16H17NO5. The van der Waals surface area contributed by atoms with Gasteiger partial charge in [0.2, 0.25) is 0 Å². The fourth-order valence-corrected chi connectivity index (χ4v) is 2.09. The van der Waals surface area contributed by atoms with Gasteiger partial charge in [-0.3, -0.25) is 0 Å². The Bertz CT molecular complexity index is 675. The zero-order chi connectivity index (χ0) is 16.1. The third kappa shape index (κ3) is 2.95. The van der Waals surface area contributed by atoms with Crippen LogP contribution in [0.4, 0.5) is 0 Å². The van der Waals surface area contributed by atoms with Crippen LogP contribution in [-0.4, -0.2) is 34.8 Å². The van der Waals surface area contributed by atoms with Crippen LogP contribution in [0.25, 0.3) is 5.69 Å². The second kappa shape index (κ2) is 6.80. The van der Waals surface area contributed by atoms with E-state index in [1.165, 1.54) is 10.8 Å². The lowest BCUT2D eigenvalue weighted by atomic mass is 10.2. The molecule has 22 heavy (non-hydrogen) atoms. The van der Waals surface area contributed by atoms with E-state index >= 15 is 0 Å². The first-order chi connectivity index (χ1) is 10.6. The number of hydrogen-bond donors (Lipinski definition) is 1. The molecule has 2 aromatic rings. The monoisotopic (exact) mass is 303 g/mol. The molecule has 0 fully saturated rings. The van der Waals surface area contributed by atoms with Crippen molar-refractivity contribution in [1.82, 2.24) is 4.57 Å². The largest absolute Gasteiger partial charge is 0.505 e. The normalized spacial score (nSPS) is 10.3. The molecule has 2 rings (SSSR count). The molecule has 1 N–H and O–H groups in total. The average molecular weight is 303 g/mol. The molecule has 0 atom stereocenters. The van der Waals surface area contributed by atoms with Crippen molar-refractivity contribution in [2.75, 3.05) is 13.2 Å². The Morgan fingerprint density at radius 2 is 1.64 bits per heavy atom. The second-order valence-corrected chi connectivity index (χ2v) is 4.38. The van der Waals surface area contributed by atoms with Gasteiger partial charge in [-0.2, -0.15) is 0 Å². The maximum atomic E-state index is 12.2. The maximum Gasteiger partial charge on any atom is 0.356 e. The van der Waals surface area contributed by atoms with Gasteiger partial charge in [0.25, 0.3) is 0 Å². The summed E-state index contributed by atoms with van der Waals surface area (Å²) >= 11 is 0. The van der Waals surface area contributed by atoms with Crippen molar-refractivity contribution in [3.8, 4) is 11.4 Å². The highest BCUT2D eigenvalue weighted by Crippen LogP contribution is 2.28. The molecule has 0 aliphatic rings. The van der Waals surface area contributed by atoms with Crippen molar-refractivity contribution in [1.29, 1.82) is 0 Å². The van der Waals surface area contributed by atoms with Crippen LogP contribution in [0.1, 0.15) is 34.7 Å². The molecule has 1 heterocycles. The van der Waals surface area contributed by atoms with E-state index < -0.39 is 11.9 Å². The molecule has 0 spiro atoms. The smallest absolute Gasteiger partial charge is 0.356 e. The van der Waals surface area contributed by atoms with Crippen molar-refractivity contribution < 1.29 is 24.2 Å². The van der Waals surface area contributed by atoms with E-state index in [1.807, 2.05) is 6.07 Å². The first-order valence-electron chi connectivity index (χ1n) is 6.94. The molecule has 0 saturated carbocycles. The minimum Gasteiger partial charge on any atom is -0.505 e. The van der Waals surface area contributed by atoms with Gasteiger partial charge < -0.3 is 19.1 Å². The van der Waals surface area contributed by atoms with Crippen LogP contribution in [-0.2, 0) is 9.47 Å². The highest BCUT2D eigenvalue weighted by Gasteiger charge is 2.29. The minimum atomic E-state index is -0.766. The molecule has 6 nitrogen and oxygen atoms in total. The summed E-state index contributed by atoms with van der Waals surface area (Å²) in [5, 5.41) is 10.1. The highest BCUT2D eigenvalue weighted by molar-refractivity contribution is 6.04. The number of aromatic nitrogens is 1. The predicted molar refractivity (Wildman–Crippen MR) is 79.3 cm³/mol. The van der Waals surface area contributed by atoms with Gasteiger partial charge >= 0.3 is 11.9 Å². The van der Waals surface area contributed by atoms with Gasteiger partial charge in [-0.1, -0.05) is 18.2 Å². The average Bonchev–Trinajstić information content (AvgIpc) is 2.86. The Morgan fingerprint density at radius 1 is 1.05 bits per heavy atom. The number of rotatable bonds is 5. The fraction of sp³-hybridized carbons (Fsp3) is 0.250. The second-order valence-electron chi connectivity index (χ2n) is 4.38. The van der Waals surface area contributed by atoms with Crippen LogP contribution in [0.15, 0.2) is 36.5 Å². The fourth-order valence-electron chi connectivity index (χ4n) is 2.09. The molecular weight excluding hydrogens is 286 g/mol. The first kappa shape index (κ1) is 15.6. The van der Waals surface area contributed by atoms with Gasteiger partial charge in [0, 0.05) is 5.69 Å². The Hall–Kier alpha value is -2.76. The van der Waals surface area contributed by atoms with Gasteiger partial charge in [0.15, 0.2) is 5.69 Å². The van der Waals surface area contributed by atoms with Gasteiger partial charge in [-0.15, -0.1) is 0 Å². The molecule has 1 aromatic heterocycles. The molecule has 116 valence electrons. The zero-order valence-electron chi connectivity index (χ0n) is 12.4. The summed E-state index contributed by atoms with van der Waals surface area (Å²) in [7, 11) is 0. The van der Waals surface area contributed by atoms with E-state index in [9.17, 15) is 14.7 Å². The molecule has 0 unspecified atom stereocenters. The number of para-hydroxylation sites is 1. The molecule has 0 radical (unpaired) electrons. The lowest BCUT2D eigenvalue weighted by molar-refractivity contribution is 0.0471. The number of carbonyl (C=O) groups excluding carboxylic acids is 2. The van der Waals surface area contributed by atoms with E-state index in [-0.39, 0.29) is 30.2 Å². The van der Waals surface area contributed by atoms with Gasteiger partial charge in [-0.05, 0) is 26.0 Å². The van der Waals surface area contributed by atoms with E-state index in [0.29, 0.717) is 5.69 Å². The molecule has 1 aromatic carbocycles. The summed E-state index contributed by atoms with van der Waals surface area (Å²) in [6.45, 7) is 3.60. The third-order valence-electron chi connectivity index (χ3n) is 2.97. The Labute approximate surface area is 127 Å². The summed E-state index contributed by atoms with van der Waals surface area (Å²) < 4.78 is 11.3. The minimum absolute atomic E-state index is 0.0519. The summed E-state index contributed by atoms with van der Waals surface area (Å²) in [5.41, 5.74) is 0.379. The standard InChI is InChI=1S/C16H17NO5/c1-3-21-15(19)13-12(18)10-17(11-8-6-5-7-9-11)14(13)16(20)22-4-2/h5-10,18H,3-4H2,1-2H3. The van der Waals surface area contributed by atoms with E-state index in [0.717, 1.165) is 0 Å². The number of carbonyl (C=O) groups is 2. The SMILES string of the molecule is CCOC(=O)c1c(O)cn(-c2ccccc2)c1C(=O)OCC. The van der Waals surface area contributed by atoms with Crippen molar-refractivity contribution >= 4 is 11.9 Å². The molecule has 0 bridgehead atoms. The Kier molecular flexibility index (Phi) is 4.83. The molecule has 0 aliphatic heterocycles. The number of esters is 2. The molecule has 6 heteroatoms. The summed E-state index contributed by atoms with van der Waals surface area (Å²) in [6.07, 6.45) is 1.30. The van der Waals surface area contributed by atoms with Crippen molar-refractivity contribution in [2.45, 2.75) is 13.8 Å². The van der Waals surface area contributed by atoms with Crippen LogP contribution in [0, 0.1) is 0 Å². The zero-order valence-corrected chi connectivity index (χ0v) is 12.4. The number of ether oxygens (including phenoxy) is 2. The van der Waals surface area contributed by atoms with E-state index in [4.69, 9.17) is 9.47 Å². The van der Waals surface area contributed by atoms with Gasteiger partial charge in [0.05, 0.1) is 19.4 Å². The molecule has 0 aliphatic carbocycles. The predicted octanol–water partition coefficient (Wildman–Crippen LogP) is 2.54. The Balaban J connectivity index is 2.62. The van der Waals surface area contributed by atoms with E-state index in [2.05, 4.69) is 0 Å². The maximum absolute atomic E-state index is 12.2. The summed E-state index contributed by atoms with van der Waals surface area (Å²) in [5.74, 6) is -1.79. The highest BCUT2D eigenvalue weighted by atomic mass is 16.5. The lowest BCUT2D eigenvalue weighted by Crippen LogP contribution is -2.16. The van der Waals surface area contributed by atoms with Gasteiger partial charge in [0.1, 0.15) is 11.3 Å². The topological polar surface area (TPSA) is 77.8 Å². The number of hydrogen-bond acceptors (Lipinski definition) is 5. The van der Waals surface area contributed by atoms with Crippen molar-refractivity contribution in [3.05, 3.63) is 47.8 Å². The third-order valence-corrected chi connectivity index (χ3v) is 2.97. The van der Waals surface area contributed by atoms with Crippen LogP contribution < -0.4 is 0 Å². The van der Waals surface area contributed by atoms with Crippen molar-refractivity contribution in [2.24, 2.45) is 0 Å². The lowest BCUT2D eigenvalue weighted by Gasteiger charge is -2.10. The van der Waals surface area contributed by atoms with Crippen LogP contribution in [0.2, 0.25) is 0 Å². The van der Waals surface area contributed by atoms with Crippen LogP contribution in [0.3, 0.4) is 0 Å². The van der Waals surface area contributed by atoms with E-state index in [1.54, 1.807) is 38.1 Å². The molecule has 0 saturated heterocycles. The summed E-state index contributed by atoms with van der Waals surface area (Å²) in [6, 6.07) is 8.88. The van der Waals surface area contributed by atoms with Crippen LogP contribution in [0.5, 0.6) is 5.75 Å². The number of nitrogens with zero attached hydrogens (tertiary/aromatic N) is 1. The quantitative estimate of drug-likeness (QED) is 0.859. The number of benzene rings is 1. The first-order valence-corrected chi connectivity index (χ1v) is 6.94. The molecule has 0 amide bonds. The van der Waals surface area contributed by atoms with Crippen LogP contribution >= 0.6 is 0 Å². The van der Waals surface area contributed by atoms with Crippen molar-refractivity contribution in [3.63, 3.8) is 0 Å². The Morgan fingerprint density at radius 3 is 2.23 bits per heavy atom. The van der Waals surface area contributed by atoms with Gasteiger partial charge in [-0.25, -0.2) is 9.59 Å².